The fraction of sp³-hybridized carbons (Fsp3) is 0.438. The maximum absolute atomic E-state index is 14.1. The summed E-state index contributed by atoms with van der Waals surface area (Å²) in [6, 6.07) is 5.16. The summed E-state index contributed by atoms with van der Waals surface area (Å²) in [5.41, 5.74) is 4.90. The third-order valence-electron chi connectivity index (χ3n) is 9.22. The normalized spacial score (nSPS) is 22.6. The molecule has 1 amide bonds. The molecule has 3 aliphatic rings. The first kappa shape index (κ1) is 27.9. The molecule has 43 heavy (non-hydrogen) atoms. The Hall–Kier alpha value is -3.86. The van der Waals surface area contributed by atoms with Crippen molar-refractivity contribution in [2.24, 2.45) is 5.41 Å². The molecule has 0 spiro atoms. The van der Waals surface area contributed by atoms with Gasteiger partial charge in [0, 0.05) is 42.2 Å². The van der Waals surface area contributed by atoms with E-state index in [4.69, 9.17) is 4.98 Å². The number of carbonyl (C=O) groups excluding carboxylic acids is 3. The zero-order chi connectivity index (χ0) is 30.2. The Bertz CT molecular complexity index is 1830. The van der Waals surface area contributed by atoms with Crippen LogP contribution in [0.1, 0.15) is 78.7 Å². The van der Waals surface area contributed by atoms with Crippen molar-refractivity contribution in [3.05, 3.63) is 63.7 Å². The lowest BCUT2D eigenvalue weighted by molar-refractivity contribution is -0.139. The van der Waals surface area contributed by atoms with Gasteiger partial charge in [-0.1, -0.05) is 13.0 Å². The Labute approximate surface area is 257 Å². The van der Waals surface area contributed by atoms with Crippen molar-refractivity contribution < 1.29 is 14.4 Å². The molecule has 7 rings (SSSR count). The number of ketones is 2. The van der Waals surface area contributed by atoms with Gasteiger partial charge in [-0.05, 0) is 78.6 Å². The summed E-state index contributed by atoms with van der Waals surface area (Å²) in [5, 5.41) is 5.36. The zero-order valence-electron chi connectivity index (χ0n) is 24.6. The zero-order valence-corrected chi connectivity index (χ0v) is 26.2. The van der Waals surface area contributed by atoms with Crippen LogP contribution in [0.3, 0.4) is 0 Å². The van der Waals surface area contributed by atoms with Crippen molar-refractivity contribution in [1.29, 1.82) is 0 Å². The molecule has 3 atom stereocenters. The van der Waals surface area contributed by atoms with Crippen LogP contribution in [-0.2, 0) is 22.6 Å². The summed E-state index contributed by atoms with van der Waals surface area (Å²) in [7, 11) is 0. The topological polar surface area (TPSA) is 124 Å². The minimum Gasteiger partial charge on any atom is -0.327 e. The first-order valence-electron chi connectivity index (χ1n) is 14.7. The predicted molar refractivity (Wildman–Crippen MR) is 162 cm³/mol. The van der Waals surface area contributed by atoms with Crippen molar-refractivity contribution in [3.8, 4) is 11.3 Å². The molecule has 1 aliphatic heterocycles. The number of fused-ring (bicyclic) bond motifs is 2. The third kappa shape index (κ3) is 4.97. The van der Waals surface area contributed by atoms with E-state index in [0.717, 1.165) is 41.8 Å². The molecule has 0 unspecified atom stereocenters. The van der Waals surface area contributed by atoms with Gasteiger partial charge < -0.3 is 4.90 Å². The Morgan fingerprint density at radius 2 is 1.81 bits per heavy atom. The first-order chi connectivity index (χ1) is 20.5. The average molecular weight is 643 g/mol. The molecule has 220 valence electrons. The lowest BCUT2D eigenvalue weighted by atomic mass is 9.96. The van der Waals surface area contributed by atoms with Gasteiger partial charge in [0.2, 0.25) is 5.91 Å². The van der Waals surface area contributed by atoms with Crippen LogP contribution >= 0.6 is 15.9 Å². The Morgan fingerprint density at radius 1 is 1.07 bits per heavy atom. The van der Waals surface area contributed by atoms with Crippen LogP contribution in [0.2, 0.25) is 0 Å². The van der Waals surface area contributed by atoms with E-state index in [0.29, 0.717) is 39.1 Å². The summed E-state index contributed by atoms with van der Waals surface area (Å²) < 4.78 is 2.32. The fourth-order valence-electron chi connectivity index (χ4n) is 6.55. The Kier molecular flexibility index (Phi) is 6.57. The number of pyridine rings is 2. The lowest BCUT2D eigenvalue weighted by Crippen LogP contribution is -2.45. The molecule has 5 heterocycles. The molecule has 4 aromatic rings. The number of rotatable bonds is 8. The first-order valence-corrected chi connectivity index (χ1v) is 15.5. The van der Waals surface area contributed by atoms with Crippen LogP contribution in [0.25, 0.3) is 22.2 Å². The second kappa shape index (κ2) is 10.1. The van der Waals surface area contributed by atoms with Crippen LogP contribution < -0.4 is 0 Å². The van der Waals surface area contributed by atoms with Crippen molar-refractivity contribution in [2.75, 3.05) is 0 Å². The molecule has 0 aromatic carbocycles. The summed E-state index contributed by atoms with van der Waals surface area (Å²) in [4.78, 5) is 60.5. The number of aryl methyl sites for hydroxylation is 2. The van der Waals surface area contributed by atoms with Crippen LogP contribution in [0, 0.1) is 19.3 Å². The smallest absolute Gasteiger partial charge is 0.245 e. The maximum atomic E-state index is 14.1. The summed E-state index contributed by atoms with van der Waals surface area (Å²) in [6.45, 7) is 7.34. The number of halogens is 1. The van der Waals surface area contributed by atoms with Gasteiger partial charge in [-0.3, -0.25) is 24.0 Å². The van der Waals surface area contributed by atoms with E-state index in [9.17, 15) is 14.4 Å². The number of hydrogen-bond donors (Lipinski definition) is 0. The van der Waals surface area contributed by atoms with E-state index < -0.39 is 6.04 Å². The Balaban J connectivity index is 1.24. The standard InChI is InChI=1S/C32H32BrN7O3/c1-16-5-8-27(33)36-22(16)10-25(42)24-11-32(4)12-26(32)40(24)28(43)15-39-31-21(29(38-39)17(2)41)9-23(37-30(31)19-6-7-19)20-13-34-18(3)35-14-20/h5,8-9,13-14,19,24,26H,6-7,10-12,15H2,1-4H3/t24-,26+,32-/m0/s1. The van der Waals surface area contributed by atoms with Crippen LogP contribution in [-0.4, -0.2) is 64.2 Å². The number of hydrogen-bond acceptors (Lipinski definition) is 8. The van der Waals surface area contributed by atoms with Gasteiger partial charge in [0.25, 0.3) is 0 Å². The van der Waals surface area contributed by atoms with Crippen LogP contribution in [0.5, 0.6) is 0 Å². The van der Waals surface area contributed by atoms with E-state index >= 15 is 0 Å². The van der Waals surface area contributed by atoms with E-state index in [1.807, 2.05) is 32.0 Å². The van der Waals surface area contributed by atoms with Gasteiger partial charge in [0.15, 0.2) is 11.6 Å². The molecule has 1 saturated heterocycles. The fourth-order valence-corrected chi connectivity index (χ4v) is 6.90. The second-order valence-corrected chi connectivity index (χ2v) is 13.4. The molecular formula is C32H32BrN7O3. The lowest BCUT2D eigenvalue weighted by Gasteiger charge is -2.27. The van der Waals surface area contributed by atoms with E-state index in [-0.39, 0.29) is 47.8 Å². The van der Waals surface area contributed by atoms with Crippen molar-refractivity contribution in [1.82, 2.24) is 34.6 Å². The molecule has 0 radical (unpaired) electrons. The largest absolute Gasteiger partial charge is 0.327 e. The van der Waals surface area contributed by atoms with E-state index in [2.05, 4.69) is 42.9 Å². The average Bonchev–Trinajstić information content (AvgIpc) is 3.87. The summed E-state index contributed by atoms with van der Waals surface area (Å²) in [6.07, 6.45) is 7.13. The molecule has 11 heteroatoms. The quantitative estimate of drug-likeness (QED) is 0.196. The number of nitrogens with zero attached hydrogens (tertiary/aromatic N) is 7. The molecule has 4 aromatic heterocycles. The summed E-state index contributed by atoms with van der Waals surface area (Å²) in [5.74, 6) is 0.539. The highest BCUT2D eigenvalue weighted by atomic mass is 79.9. The van der Waals surface area contributed by atoms with Crippen LogP contribution in [0.15, 0.2) is 35.2 Å². The molecule has 3 fully saturated rings. The third-order valence-corrected chi connectivity index (χ3v) is 9.66. The van der Waals surface area contributed by atoms with Gasteiger partial charge >= 0.3 is 0 Å². The molecule has 10 nitrogen and oxygen atoms in total. The minimum absolute atomic E-state index is 0.00415. The van der Waals surface area contributed by atoms with E-state index in [1.165, 1.54) is 6.92 Å². The SMILES string of the molecule is CC(=O)c1nn(CC(=O)N2[C@H](C(=O)Cc3nc(Br)ccc3C)C[C@@]3(C)C[C@@H]23)c2c(C3CC3)nc(-c3cnc(C)nc3)cc12. The van der Waals surface area contributed by atoms with Gasteiger partial charge in [-0.15, -0.1) is 0 Å². The highest BCUT2D eigenvalue weighted by Gasteiger charge is 2.64. The number of piperidine rings is 1. The van der Waals surface area contributed by atoms with Crippen molar-refractivity contribution >= 4 is 44.3 Å². The predicted octanol–water partition coefficient (Wildman–Crippen LogP) is 4.93. The van der Waals surface area contributed by atoms with Crippen LogP contribution in [0.4, 0.5) is 0 Å². The Morgan fingerprint density at radius 3 is 2.51 bits per heavy atom. The van der Waals surface area contributed by atoms with Crippen molar-refractivity contribution in [3.63, 3.8) is 0 Å². The highest BCUT2D eigenvalue weighted by Crippen LogP contribution is 2.59. The number of carbonyl (C=O) groups is 3. The number of amides is 1. The molecule has 0 N–H and O–H groups in total. The number of Topliss-reactive ketones (excluding diaryl/α,β-unsaturated/α-hetero) is 2. The number of aromatic nitrogens is 6. The highest BCUT2D eigenvalue weighted by molar-refractivity contribution is 9.10. The maximum Gasteiger partial charge on any atom is 0.245 e. The molecule has 2 aliphatic carbocycles. The monoisotopic (exact) mass is 641 g/mol. The molecular weight excluding hydrogens is 610 g/mol. The minimum atomic E-state index is -0.514. The molecule has 0 bridgehead atoms. The van der Waals surface area contributed by atoms with Gasteiger partial charge in [-0.2, -0.15) is 5.10 Å². The van der Waals surface area contributed by atoms with Gasteiger partial charge in [-0.25, -0.2) is 15.0 Å². The second-order valence-electron chi connectivity index (χ2n) is 12.6. The summed E-state index contributed by atoms with van der Waals surface area (Å²) >= 11 is 3.41. The molecule has 2 saturated carbocycles. The van der Waals surface area contributed by atoms with Gasteiger partial charge in [0.05, 0.1) is 35.1 Å². The number of likely N-dealkylation sites (tertiary alicyclic amines) is 1. The van der Waals surface area contributed by atoms with Gasteiger partial charge in [0.1, 0.15) is 22.7 Å². The van der Waals surface area contributed by atoms with Crippen molar-refractivity contribution in [2.45, 2.75) is 84.3 Å². The van der Waals surface area contributed by atoms with E-state index in [1.54, 1.807) is 22.0 Å².